The van der Waals surface area contributed by atoms with Gasteiger partial charge in [0.2, 0.25) is 0 Å². The Kier molecular flexibility index (Phi) is 2.95. The highest BCUT2D eigenvalue weighted by atomic mass is 35.5. The molecule has 100 valence electrons. The Hall–Kier alpha value is -2.33. The Morgan fingerprint density at radius 3 is 2.75 bits per heavy atom. The summed E-state index contributed by atoms with van der Waals surface area (Å²) in [5, 5.41) is 10.6. The van der Waals surface area contributed by atoms with Crippen molar-refractivity contribution in [2.45, 2.75) is 0 Å². The van der Waals surface area contributed by atoms with E-state index in [1.165, 1.54) is 6.20 Å². The van der Waals surface area contributed by atoms with Crippen molar-refractivity contribution >= 4 is 28.5 Å². The predicted octanol–water partition coefficient (Wildman–Crippen LogP) is 3.59. The van der Waals surface area contributed by atoms with Crippen LogP contribution in [0.3, 0.4) is 0 Å². The molecular weight excluding hydrogens is 276 g/mol. The van der Waals surface area contributed by atoms with E-state index in [4.69, 9.17) is 16.7 Å². The van der Waals surface area contributed by atoms with Crippen LogP contribution in [0.15, 0.2) is 42.7 Å². The minimum atomic E-state index is -0.981. The van der Waals surface area contributed by atoms with Crippen LogP contribution in [0.5, 0.6) is 0 Å². The minimum Gasteiger partial charge on any atom is -0.478 e. The Labute approximate surface area is 120 Å². The summed E-state index contributed by atoms with van der Waals surface area (Å²) in [6.45, 7) is 0. The SMILES string of the molecule is Cn1cc(-c2ccc(C(=O)O)cn2)c2cc(Cl)ccc21. The van der Waals surface area contributed by atoms with E-state index >= 15 is 0 Å². The number of halogens is 1. The standard InChI is InChI=1S/C15H11ClN2O2/c1-18-8-12(11-6-10(16)3-5-14(11)18)13-4-2-9(7-17-13)15(19)20/h2-8H,1H3,(H,19,20). The number of carboxylic acids is 1. The van der Waals surface area contributed by atoms with Crippen molar-refractivity contribution in [2.75, 3.05) is 0 Å². The normalized spacial score (nSPS) is 10.9. The molecule has 0 atom stereocenters. The molecule has 20 heavy (non-hydrogen) atoms. The lowest BCUT2D eigenvalue weighted by Crippen LogP contribution is -1.96. The number of aromatic carboxylic acids is 1. The highest BCUT2D eigenvalue weighted by Gasteiger charge is 2.11. The molecule has 1 aromatic carbocycles. The number of aryl methyl sites for hydroxylation is 1. The van der Waals surface area contributed by atoms with Gasteiger partial charge in [0.15, 0.2) is 0 Å². The maximum absolute atomic E-state index is 10.8. The van der Waals surface area contributed by atoms with E-state index in [1.54, 1.807) is 12.1 Å². The van der Waals surface area contributed by atoms with E-state index in [1.807, 2.05) is 36.0 Å². The molecular formula is C15H11ClN2O2. The van der Waals surface area contributed by atoms with Crippen molar-refractivity contribution in [1.29, 1.82) is 0 Å². The molecule has 0 aliphatic carbocycles. The molecule has 0 amide bonds. The molecule has 0 spiro atoms. The fourth-order valence-corrected chi connectivity index (χ4v) is 2.42. The third kappa shape index (κ3) is 2.04. The zero-order valence-electron chi connectivity index (χ0n) is 10.7. The predicted molar refractivity (Wildman–Crippen MR) is 78.1 cm³/mol. The lowest BCUT2D eigenvalue weighted by atomic mass is 10.1. The van der Waals surface area contributed by atoms with E-state index in [9.17, 15) is 4.79 Å². The molecule has 3 rings (SSSR count). The molecule has 0 bridgehead atoms. The topological polar surface area (TPSA) is 55.1 Å². The van der Waals surface area contributed by atoms with Gasteiger partial charge in [-0.1, -0.05) is 11.6 Å². The van der Waals surface area contributed by atoms with Crippen LogP contribution in [0, 0.1) is 0 Å². The number of carboxylic acid groups (broad SMARTS) is 1. The zero-order chi connectivity index (χ0) is 14.3. The molecule has 0 saturated heterocycles. The van der Waals surface area contributed by atoms with Crippen LogP contribution in [-0.2, 0) is 7.05 Å². The summed E-state index contributed by atoms with van der Waals surface area (Å²) in [6, 6.07) is 8.94. The Morgan fingerprint density at radius 1 is 1.30 bits per heavy atom. The lowest BCUT2D eigenvalue weighted by Gasteiger charge is -2.00. The number of hydrogen-bond acceptors (Lipinski definition) is 2. The van der Waals surface area contributed by atoms with Crippen LogP contribution in [0.1, 0.15) is 10.4 Å². The molecule has 0 saturated carbocycles. The van der Waals surface area contributed by atoms with Gasteiger partial charge in [0.25, 0.3) is 0 Å². The maximum atomic E-state index is 10.8. The van der Waals surface area contributed by atoms with Crippen LogP contribution < -0.4 is 0 Å². The first-order chi connectivity index (χ1) is 9.56. The second-order valence-electron chi connectivity index (χ2n) is 4.55. The summed E-state index contributed by atoms with van der Waals surface area (Å²) in [7, 11) is 1.95. The van der Waals surface area contributed by atoms with E-state index in [-0.39, 0.29) is 5.56 Å². The summed E-state index contributed by atoms with van der Waals surface area (Å²) in [5.41, 5.74) is 2.88. The number of aromatic nitrogens is 2. The fraction of sp³-hybridized carbons (Fsp3) is 0.0667. The average molecular weight is 287 g/mol. The van der Waals surface area contributed by atoms with Gasteiger partial charge in [0, 0.05) is 40.9 Å². The summed E-state index contributed by atoms with van der Waals surface area (Å²) >= 11 is 6.05. The molecule has 0 unspecified atom stereocenters. The van der Waals surface area contributed by atoms with Crippen LogP contribution in [-0.4, -0.2) is 20.6 Å². The van der Waals surface area contributed by atoms with Crippen molar-refractivity contribution in [3.63, 3.8) is 0 Å². The monoisotopic (exact) mass is 286 g/mol. The Morgan fingerprint density at radius 2 is 2.10 bits per heavy atom. The van der Waals surface area contributed by atoms with Crippen molar-refractivity contribution in [3.05, 3.63) is 53.3 Å². The number of pyridine rings is 1. The number of nitrogens with zero attached hydrogens (tertiary/aromatic N) is 2. The highest BCUT2D eigenvalue weighted by Crippen LogP contribution is 2.30. The van der Waals surface area contributed by atoms with Gasteiger partial charge in [-0.15, -0.1) is 0 Å². The molecule has 3 aromatic rings. The van der Waals surface area contributed by atoms with Gasteiger partial charge in [-0.3, -0.25) is 4.98 Å². The summed E-state index contributed by atoms with van der Waals surface area (Å²) in [5.74, 6) is -0.981. The van der Waals surface area contributed by atoms with Gasteiger partial charge in [0.05, 0.1) is 11.3 Å². The second kappa shape index (κ2) is 4.65. The molecule has 0 aliphatic rings. The number of benzene rings is 1. The van der Waals surface area contributed by atoms with Crippen LogP contribution in [0.4, 0.5) is 0 Å². The van der Waals surface area contributed by atoms with E-state index in [0.29, 0.717) is 5.02 Å². The quantitative estimate of drug-likeness (QED) is 0.783. The fourth-order valence-electron chi connectivity index (χ4n) is 2.25. The molecule has 4 nitrogen and oxygen atoms in total. The van der Waals surface area contributed by atoms with E-state index in [0.717, 1.165) is 22.2 Å². The maximum Gasteiger partial charge on any atom is 0.337 e. The Bertz CT molecular complexity index is 807. The third-order valence-corrected chi connectivity index (χ3v) is 3.47. The number of carbonyl (C=O) groups is 1. The van der Waals surface area contributed by atoms with Gasteiger partial charge >= 0.3 is 5.97 Å². The largest absolute Gasteiger partial charge is 0.478 e. The Balaban J connectivity index is 2.18. The summed E-state index contributed by atoms with van der Waals surface area (Å²) < 4.78 is 1.99. The molecule has 1 N–H and O–H groups in total. The number of fused-ring (bicyclic) bond motifs is 1. The van der Waals surface area contributed by atoms with E-state index in [2.05, 4.69) is 4.98 Å². The molecule has 2 heterocycles. The second-order valence-corrected chi connectivity index (χ2v) is 4.99. The van der Waals surface area contributed by atoms with Gasteiger partial charge in [-0.2, -0.15) is 0 Å². The molecule has 0 fully saturated rings. The van der Waals surface area contributed by atoms with Crippen LogP contribution in [0.25, 0.3) is 22.2 Å². The van der Waals surface area contributed by atoms with Gasteiger partial charge in [-0.25, -0.2) is 4.79 Å². The van der Waals surface area contributed by atoms with Crippen LogP contribution in [0.2, 0.25) is 5.02 Å². The average Bonchev–Trinajstić information content (AvgIpc) is 2.75. The molecule has 2 aromatic heterocycles. The highest BCUT2D eigenvalue weighted by molar-refractivity contribution is 6.31. The molecule has 0 radical (unpaired) electrons. The first-order valence-corrected chi connectivity index (χ1v) is 6.38. The van der Waals surface area contributed by atoms with Gasteiger partial charge in [0.1, 0.15) is 0 Å². The minimum absolute atomic E-state index is 0.173. The van der Waals surface area contributed by atoms with Gasteiger partial charge in [-0.05, 0) is 30.3 Å². The van der Waals surface area contributed by atoms with Gasteiger partial charge < -0.3 is 9.67 Å². The number of hydrogen-bond donors (Lipinski definition) is 1. The third-order valence-electron chi connectivity index (χ3n) is 3.24. The number of rotatable bonds is 2. The van der Waals surface area contributed by atoms with Crippen molar-refractivity contribution in [2.24, 2.45) is 7.05 Å². The van der Waals surface area contributed by atoms with Crippen molar-refractivity contribution in [3.8, 4) is 11.3 Å². The smallest absolute Gasteiger partial charge is 0.337 e. The van der Waals surface area contributed by atoms with Crippen molar-refractivity contribution in [1.82, 2.24) is 9.55 Å². The summed E-state index contributed by atoms with van der Waals surface area (Å²) in [4.78, 5) is 15.1. The van der Waals surface area contributed by atoms with E-state index < -0.39 is 5.97 Å². The lowest BCUT2D eigenvalue weighted by molar-refractivity contribution is 0.0696. The van der Waals surface area contributed by atoms with Crippen molar-refractivity contribution < 1.29 is 9.90 Å². The molecule has 0 aliphatic heterocycles. The zero-order valence-corrected chi connectivity index (χ0v) is 11.4. The summed E-state index contributed by atoms with van der Waals surface area (Å²) in [6.07, 6.45) is 3.32. The molecule has 5 heteroatoms. The van der Waals surface area contributed by atoms with Crippen LogP contribution >= 0.6 is 11.6 Å². The first-order valence-electron chi connectivity index (χ1n) is 6.00. The first kappa shape index (κ1) is 12.7.